The van der Waals surface area contributed by atoms with Crippen LogP contribution in [0, 0.1) is 0 Å². The van der Waals surface area contributed by atoms with Crippen molar-refractivity contribution in [2.45, 2.75) is 44.8 Å². The van der Waals surface area contributed by atoms with Crippen LogP contribution in [0.4, 0.5) is 0 Å². The molecule has 2 saturated heterocycles. The fourth-order valence-electron chi connectivity index (χ4n) is 3.34. The largest absolute Gasteiger partial charge is 0.312 e. The minimum atomic E-state index is 0.632. The maximum Gasteiger partial charge on any atom is 0.0224 e. The van der Waals surface area contributed by atoms with E-state index in [1.807, 2.05) is 6.08 Å². The lowest BCUT2D eigenvalue weighted by molar-refractivity contribution is 0.0334. The average Bonchev–Trinajstić information content (AvgIpc) is 2.75. The van der Waals surface area contributed by atoms with Crippen LogP contribution in [0.1, 0.15) is 26.7 Å². The molecule has 3 heteroatoms. The molecule has 0 amide bonds. The van der Waals surface area contributed by atoms with Crippen LogP contribution in [0.3, 0.4) is 0 Å². The van der Waals surface area contributed by atoms with Crippen molar-refractivity contribution in [2.24, 2.45) is 0 Å². The normalized spacial score (nSPS) is 32.4. The van der Waals surface area contributed by atoms with Gasteiger partial charge in [0.25, 0.3) is 0 Å². The lowest BCUT2D eigenvalue weighted by Gasteiger charge is -2.45. The van der Waals surface area contributed by atoms with Gasteiger partial charge in [-0.05, 0) is 33.2 Å². The van der Waals surface area contributed by atoms with Gasteiger partial charge in [0, 0.05) is 44.3 Å². The second-order valence-electron chi connectivity index (χ2n) is 5.63. The van der Waals surface area contributed by atoms with E-state index in [0.717, 1.165) is 19.1 Å². The summed E-state index contributed by atoms with van der Waals surface area (Å²) >= 11 is 0. The molecule has 2 fully saturated rings. The number of hydrogen-bond donors (Lipinski definition) is 1. The third-order valence-corrected chi connectivity index (χ3v) is 4.28. The van der Waals surface area contributed by atoms with Crippen molar-refractivity contribution in [1.82, 2.24) is 15.1 Å². The van der Waals surface area contributed by atoms with Gasteiger partial charge in [0.05, 0.1) is 0 Å². The molecule has 17 heavy (non-hydrogen) atoms. The summed E-state index contributed by atoms with van der Waals surface area (Å²) in [5.74, 6) is 0. The Hall–Kier alpha value is -0.380. The summed E-state index contributed by atoms with van der Waals surface area (Å²) in [6.07, 6.45) is 4.73. The van der Waals surface area contributed by atoms with Crippen LogP contribution in [0.15, 0.2) is 12.7 Å². The number of rotatable bonds is 5. The number of nitrogens with zero attached hydrogens (tertiary/aromatic N) is 2. The Morgan fingerprint density at radius 2 is 2.29 bits per heavy atom. The topological polar surface area (TPSA) is 18.5 Å². The van der Waals surface area contributed by atoms with Gasteiger partial charge in [-0.1, -0.05) is 6.08 Å². The fraction of sp³-hybridized carbons (Fsp3) is 0.857. The van der Waals surface area contributed by atoms with Gasteiger partial charge in [0.15, 0.2) is 0 Å². The van der Waals surface area contributed by atoms with Gasteiger partial charge in [-0.15, -0.1) is 6.58 Å². The van der Waals surface area contributed by atoms with Crippen LogP contribution in [0.25, 0.3) is 0 Å². The zero-order valence-electron chi connectivity index (χ0n) is 11.4. The highest BCUT2D eigenvalue weighted by atomic mass is 15.3. The molecular weight excluding hydrogens is 210 g/mol. The predicted octanol–water partition coefficient (Wildman–Crippen LogP) is 1.32. The van der Waals surface area contributed by atoms with E-state index in [9.17, 15) is 0 Å². The first-order chi connectivity index (χ1) is 8.22. The summed E-state index contributed by atoms with van der Waals surface area (Å²) in [5, 5.41) is 3.44. The third kappa shape index (κ3) is 3.09. The molecule has 2 aliphatic heterocycles. The van der Waals surface area contributed by atoms with Crippen LogP contribution in [-0.4, -0.2) is 60.6 Å². The van der Waals surface area contributed by atoms with E-state index in [2.05, 4.69) is 35.5 Å². The highest BCUT2D eigenvalue weighted by molar-refractivity contribution is 4.92. The van der Waals surface area contributed by atoms with Gasteiger partial charge in [0.1, 0.15) is 0 Å². The molecular formula is C14H27N3. The standard InChI is InChI=1S/C14H27N3/c1-4-7-15-9-12(2)17-11-14-6-5-8-16(14)10-13(17)3/h4,12-15H,1,5-11H2,2-3H3. The van der Waals surface area contributed by atoms with Crippen molar-refractivity contribution < 1.29 is 0 Å². The number of nitrogens with one attached hydrogen (secondary N) is 1. The first kappa shape index (κ1) is 13.1. The average molecular weight is 237 g/mol. The quantitative estimate of drug-likeness (QED) is 0.575. The lowest BCUT2D eigenvalue weighted by atomic mass is 10.1. The Morgan fingerprint density at radius 3 is 3.06 bits per heavy atom. The Bertz CT molecular complexity index is 254. The molecule has 0 aromatic rings. The second-order valence-corrected chi connectivity index (χ2v) is 5.63. The molecule has 2 heterocycles. The van der Waals surface area contributed by atoms with E-state index in [1.54, 1.807) is 0 Å². The summed E-state index contributed by atoms with van der Waals surface area (Å²) < 4.78 is 0. The maximum atomic E-state index is 3.75. The zero-order valence-corrected chi connectivity index (χ0v) is 11.4. The number of hydrogen-bond acceptors (Lipinski definition) is 3. The SMILES string of the molecule is C=CCNCC(C)N1CC2CCCN2CC1C. The molecule has 0 aromatic heterocycles. The second kappa shape index (κ2) is 5.98. The molecule has 3 atom stereocenters. The van der Waals surface area contributed by atoms with Gasteiger partial charge in [0.2, 0.25) is 0 Å². The molecule has 2 aliphatic rings. The lowest BCUT2D eigenvalue weighted by Crippen LogP contribution is -2.58. The van der Waals surface area contributed by atoms with E-state index >= 15 is 0 Å². The van der Waals surface area contributed by atoms with E-state index in [1.165, 1.54) is 32.5 Å². The first-order valence-electron chi connectivity index (χ1n) is 7.03. The van der Waals surface area contributed by atoms with Gasteiger partial charge in [-0.2, -0.15) is 0 Å². The third-order valence-electron chi connectivity index (χ3n) is 4.28. The van der Waals surface area contributed by atoms with Crippen molar-refractivity contribution in [1.29, 1.82) is 0 Å². The molecule has 0 aromatic carbocycles. The van der Waals surface area contributed by atoms with Gasteiger partial charge < -0.3 is 5.32 Å². The van der Waals surface area contributed by atoms with E-state index in [4.69, 9.17) is 0 Å². The monoisotopic (exact) mass is 237 g/mol. The smallest absolute Gasteiger partial charge is 0.0224 e. The summed E-state index contributed by atoms with van der Waals surface area (Å²) in [7, 11) is 0. The van der Waals surface area contributed by atoms with Crippen LogP contribution >= 0.6 is 0 Å². The highest BCUT2D eigenvalue weighted by Crippen LogP contribution is 2.25. The summed E-state index contributed by atoms with van der Waals surface area (Å²) in [4.78, 5) is 5.37. The van der Waals surface area contributed by atoms with Crippen LogP contribution in [0.5, 0.6) is 0 Å². The van der Waals surface area contributed by atoms with Crippen molar-refractivity contribution >= 4 is 0 Å². The highest BCUT2D eigenvalue weighted by Gasteiger charge is 2.35. The van der Waals surface area contributed by atoms with Crippen LogP contribution < -0.4 is 5.32 Å². The summed E-state index contributed by atoms with van der Waals surface area (Å²) in [6.45, 7) is 14.3. The van der Waals surface area contributed by atoms with Crippen LogP contribution in [-0.2, 0) is 0 Å². The molecule has 0 aliphatic carbocycles. The molecule has 0 spiro atoms. The molecule has 3 unspecified atom stereocenters. The molecule has 2 rings (SSSR count). The Labute approximate surface area is 106 Å². The zero-order chi connectivity index (χ0) is 12.3. The van der Waals surface area contributed by atoms with E-state index < -0.39 is 0 Å². The summed E-state index contributed by atoms with van der Waals surface area (Å²) in [5.41, 5.74) is 0. The van der Waals surface area contributed by atoms with Crippen molar-refractivity contribution in [3.05, 3.63) is 12.7 Å². The number of fused-ring (bicyclic) bond motifs is 1. The van der Waals surface area contributed by atoms with Crippen molar-refractivity contribution in [2.75, 3.05) is 32.7 Å². The van der Waals surface area contributed by atoms with Gasteiger partial charge in [-0.25, -0.2) is 0 Å². The molecule has 0 radical (unpaired) electrons. The fourth-order valence-corrected chi connectivity index (χ4v) is 3.34. The molecule has 1 N–H and O–H groups in total. The summed E-state index contributed by atoms with van der Waals surface area (Å²) in [6, 6.07) is 2.16. The molecule has 3 nitrogen and oxygen atoms in total. The minimum Gasteiger partial charge on any atom is -0.312 e. The minimum absolute atomic E-state index is 0.632. The molecule has 0 bridgehead atoms. The Kier molecular flexibility index (Phi) is 4.60. The van der Waals surface area contributed by atoms with E-state index in [0.29, 0.717) is 12.1 Å². The first-order valence-corrected chi connectivity index (χ1v) is 7.03. The van der Waals surface area contributed by atoms with Crippen molar-refractivity contribution in [3.63, 3.8) is 0 Å². The predicted molar refractivity (Wildman–Crippen MR) is 73.3 cm³/mol. The molecule has 0 saturated carbocycles. The van der Waals surface area contributed by atoms with E-state index in [-0.39, 0.29) is 0 Å². The molecule has 98 valence electrons. The Morgan fingerprint density at radius 1 is 1.47 bits per heavy atom. The number of piperazine rings is 1. The van der Waals surface area contributed by atoms with Gasteiger partial charge >= 0.3 is 0 Å². The van der Waals surface area contributed by atoms with Crippen molar-refractivity contribution in [3.8, 4) is 0 Å². The maximum absolute atomic E-state index is 3.75. The Balaban J connectivity index is 1.84. The van der Waals surface area contributed by atoms with Crippen LogP contribution in [0.2, 0.25) is 0 Å². The van der Waals surface area contributed by atoms with Gasteiger partial charge in [-0.3, -0.25) is 9.80 Å².